The van der Waals surface area contributed by atoms with Gasteiger partial charge in [0, 0.05) is 52.4 Å². The Morgan fingerprint density at radius 1 is 0.286 bits per heavy atom. The molecule has 8 nitrogen and oxygen atoms in total. The Kier molecular flexibility index (Phi) is 15.0. The molecule has 2 aliphatic rings. The third-order valence-electron chi connectivity index (χ3n) is 5.62. The van der Waals surface area contributed by atoms with Crippen molar-refractivity contribution in [2.45, 2.75) is 12.8 Å². The minimum absolute atomic E-state index is 0.622. The molecule has 0 spiro atoms. The van der Waals surface area contributed by atoms with E-state index in [0.717, 1.165) is 105 Å². The van der Waals surface area contributed by atoms with E-state index in [2.05, 4.69) is 42.5 Å². The molecule has 8 N–H and O–H groups in total. The van der Waals surface area contributed by atoms with E-state index in [-0.39, 0.29) is 0 Å². The van der Waals surface area contributed by atoms with Gasteiger partial charge in [0.15, 0.2) is 0 Å². The Labute approximate surface area is 172 Å². The monoisotopic (exact) mass is 398 g/mol. The lowest BCUT2D eigenvalue weighted by Crippen LogP contribution is -2.47. The lowest BCUT2D eigenvalue weighted by Gasteiger charge is -2.29. The fourth-order valence-corrected chi connectivity index (χ4v) is 3.84. The molecule has 0 unspecified atom stereocenters. The molecule has 2 rings (SSSR count). The highest BCUT2D eigenvalue weighted by Crippen LogP contribution is 2.10. The SMILES string of the molecule is C1CNCCNCC(C2CNCCNCCCNCCNC2)CNCCNC1. The van der Waals surface area contributed by atoms with Gasteiger partial charge in [-0.1, -0.05) is 0 Å². The molecule has 2 aliphatic heterocycles. The summed E-state index contributed by atoms with van der Waals surface area (Å²) < 4.78 is 0. The highest BCUT2D eigenvalue weighted by atomic mass is 15.0. The largest absolute Gasteiger partial charge is 0.315 e. The van der Waals surface area contributed by atoms with Gasteiger partial charge in [0.1, 0.15) is 0 Å². The molecule has 0 aliphatic carbocycles. The summed E-state index contributed by atoms with van der Waals surface area (Å²) in [6.45, 7) is 17.1. The molecule has 0 aromatic heterocycles. The second-order valence-electron chi connectivity index (χ2n) is 8.04. The lowest BCUT2D eigenvalue weighted by molar-refractivity contribution is 0.282. The van der Waals surface area contributed by atoms with Gasteiger partial charge in [0.2, 0.25) is 0 Å². The van der Waals surface area contributed by atoms with Gasteiger partial charge >= 0.3 is 0 Å². The summed E-state index contributed by atoms with van der Waals surface area (Å²) in [6.07, 6.45) is 2.40. The number of hydrogen-bond donors (Lipinski definition) is 8. The molecular weight excluding hydrogens is 352 g/mol. The van der Waals surface area contributed by atoms with Crippen LogP contribution in [0.3, 0.4) is 0 Å². The third-order valence-corrected chi connectivity index (χ3v) is 5.62. The highest BCUT2D eigenvalue weighted by Gasteiger charge is 2.21. The Morgan fingerprint density at radius 3 is 0.821 bits per heavy atom. The minimum Gasteiger partial charge on any atom is -0.315 e. The van der Waals surface area contributed by atoms with Crippen LogP contribution in [-0.2, 0) is 0 Å². The molecule has 0 saturated carbocycles. The molecule has 166 valence electrons. The van der Waals surface area contributed by atoms with E-state index in [0.29, 0.717) is 11.8 Å². The molecule has 0 aromatic rings. The topological polar surface area (TPSA) is 96.2 Å². The van der Waals surface area contributed by atoms with Gasteiger partial charge in [-0.25, -0.2) is 0 Å². The molecule has 8 heteroatoms. The van der Waals surface area contributed by atoms with Crippen LogP contribution in [0.2, 0.25) is 0 Å². The Balaban J connectivity index is 1.82. The standard InChI is InChI=1S/C20H46N8/c1-3-21-7-11-25-15-19(16-26-12-8-22-4-1)20-17-27-13-9-23-5-2-6-24-10-14-28-18-20/h19-28H,1-18H2. The second-order valence-corrected chi connectivity index (χ2v) is 8.04. The fourth-order valence-electron chi connectivity index (χ4n) is 3.84. The van der Waals surface area contributed by atoms with Crippen molar-refractivity contribution in [1.29, 1.82) is 0 Å². The van der Waals surface area contributed by atoms with E-state index >= 15 is 0 Å². The number of rotatable bonds is 1. The van der Waals surface area contributed by atoms with Gasteiger partial charge in [-0.05, 0) is 77.0 Å². The van der Waals surface area contributed by atoms with Crippen molar-refractivity contribution in [1.82, 2.24) is 42.5 Å². The summed E-state index contributed by atoms with van der Waals surface area (Å²) >= 11 is 0. The van der Waals surface area contributed by atoms with Crippen molar-refractivity contribution >= 4 is 0 Å². The first-order valence-electron chi connectivity index (χ1n) is 11.6. The zero-order valence-corrected chi connectivity index (χ0v) is 17.9. The Hall–Kier alpha value is -0.320. The number of nitrogens with one attached hydrogen (secondary N) is 8. The first-order valence-corrected chi connectivity index (χ1v) is 11.6. The fraction of sp³-hybridized carbons (Fsp3) is 1.00. The van der Waals surface area contributed by atoms with Crippen molar-refractivity contribution in [3.8, 4) is 0 Å². The van der Waals surface area contributed by atoms with Crippen LogP contribution in [0.4, 0.5) is 0 Å². The maximum atomic E-state index is 3.69. The smallest absolute Gasteiger partial charge is 0.00768 e. The maximum absolute atomic E-state index is 3.69. The summed E-state index contributed by atoms with van der Waals surface area (Å²) in [5, 5.41) is 28.9. The Bertz CT molecular complexity index is 284. The van der Waals surface area contributed by atoms with Crippen LogP contribution in [0, 0.1) is 11.8 Å². The van der Waals surface area contributed by atoms with Gasteiger partial charge in [0.25, 0.3) is 0 Å². The van der Waals surface area contributed by atoms with E-state index in [1.165, 1.54) is 12.8 Å². The molecule has 2 heterocycles. The predicted octanol–water partition coefficient (Wildman–Crippen LogP) is -2.26. The van der Waals surface area contributed by atoms with Crippen molar-refractivity contribution in [2.75, 3.05) is 105 Å². The zero-order valence-electron chi connectivity index (χ0n) is 17.9. The van der Waals surface area contributed by atoms with Gasteiger partial charge in [-0.15, -0.1) is 0 Å². The maximum Gasteiger partial charge on any atom is 0.00768 e. The van der Waals surface area contributed by atoms with Crippen molar-refractivity contribution in [2.24, 2.45) is 11.8 Å². The second kappa shape index (κ2) is 17.5. The van der Waals surface area contributed by atoms with Gasteiger partial charge in [-0.2, -0.15) is 0 Å². The number of hydrogen-bond acceptors (Lipinski definition) is 8. The molecule has 0 amide bonds. The van der Waals surface area contributed by atoms with Crippen molar-refractivity contribution in [3.05, 3.63) is 0 Å². The van der Waals surface area contributed by atoms with Gasteiger partial charge in [0.05, 0.1) is 0 Å². The summed E-state index contributed by atoms with van der Waals surface area (Å²) in [5.41, 5.74) is 0. The van der Waals surface area contributed by atoms with Gasteiger partial charge in [-0.3, -0.25) is 0 Å². The van der Waals surface area contributed by atoms with Crippen molar-refractivity contribution in [3.63, 3.8) is 0 Å². The van der Waals surface area contributed by atoms with E-state index in [1.807, 2.05) is 0 Å². The van der Waals surface area contributed by atoms with Gasteiger partial charge < -0.3 is 42.5 Å². The summed E-state index contributed by atoms with van der Waals surface area (Å²) in [7, 11) is 0. The van der Waals surface area contributed by atoms with Crippen LogP contribution in [0.25, 0.3) is 0 Å². The zero-order chi connectivity index (χ0) is 19.5. The molecule has 0 aromatic carbocycles. The first kappa shape index (κ1) is 24.0. The van der Waals surface area contributed by atoms with E-state index in [9.17, 15) is 0 Å². The summed E-state index contributed by atoms with van der Waals surface area (Å²) in [4.78, 5) is 0. The molecule has 2 saturated heterocycles. The van der Waals surface area contributed by atoms with E-state index < -0.39 is 0 Å². The predicted molar refractivity (Wildman–Crippen MR) is 119 cm³/mol. The highest BCUT2D eigenvalue weighted by molar-refractivity contribution is 4.79. The molecular formula is C20H46N8. The summed E-state index contributed by atoms with van der Waals surface area (Å²) in [5.74, 6) is 1.24. The quantitative estimate of drug-likeness (QED) is 0.251. The minimum atomic E-state index is 0.622. The molecule has 2 fully saturated rings. The van der Waals surface area contributed by atoms with Crippen LogP contribution < -0.4 is 42.5 Å². The Morgan fingerprint density at radius 2 is 0.536 bits per heavy atom. The van der Waals surface area contributed by atoms with Crippen LogP contribution in [0.5, 0.6) is 0 Å². The van der Waals surface area contributed by atoms with Crippen molar-refractivity contribution < 1.29 is 0 Å². The molecule has 28 heavy (non-hydrogen) atoms. The average Bonchev–Trinajstić information content (AvgIpc) is 2.71. The van der Waals surface area contributed by atoms with E-state index in [1.54, 1.807) is 0 Å². The molecule has 0 atom stereocenters. The lowest BCUT2D eigenvalue weighted by atomic mass is 9.91. The van der Waals surface area contributed by atoms with E-state index in [4.69, 9.17) is 0 Å². The third kappa shape index (κ3) is 12.3. The summed E-state index contributed by atoms with van der Waals surface area (Å²) in [6, 6.07) is 0. The normalized spacial score (nSPS) is 26.1. The first-order chi connectivity index (χ1) is 14.0. The molecule has 0 bridgehead atoms. The van der Waals surface area contributed by atoms with Crippen LogP contribution >= 0.6 is 0 Å². The van der Waals surface area contributed by atoms with Crippen LogP contribution in [-0.4, -0.2) is 105 Å². The van der Waals surface area contributed by atoms with Crippen LogP contribution in [0.15, 0.2) is 0 Å². The van der Waals surface area contributed by atoms with Crippen LogP contribution in [0.1, 0.15) is 12.8 Å². The molecule has 0 radical (unpaired) electrons. The average molecular weight is 399 g/mol.